The second-order valence-corrected chi connectivity index (χ2v) is 14.6. The summed E-state index contributed by atoms with van der Waals surface area (Å²) in [5.74, 6) is -1.29. The van der Waals surface area contributed by atoms with E-state index in [0.717, 1.165) is 54.4 Å². The maximum absolute atomic E-state index is 13.7. The van der Waals surface area contributed by atoms with E-state index in [4.69, 9.17) is 11.6 Å². The number of hydrogen-bond donors (Lipinski definition) is 2. The highest BCUT2D eigenvalue weighted by atomic mass is 35.5. The van der Waals surface area contributed by atoms with Gasteiger partial charge in [0.15, 0.2) is 5.82 Å². The zero-order valence-corrected chi connectivity index (χ0v) is 28.8. The third-order valence-electron chi connectivity index (χ3n) is 9.74. The Balaban J connectivity index is 0.000000157. The first-order valence-electron chi connectivity index (χ1n) is 16.6. The predicted molar refractivity (Wildman–Crippen MR) is 189 cm³/mol. The summed E-state index contributed by atoms with van der Waals surface area (Å²) < 4.78 is 13.7. The minimum absolute atomic E-state index is 0.0639. The van der Waals surface area contributed by atoms with Crippen LogP contribution in [0.4, 0.5) is 27.1 Å². The van der Waals surface area contributed by atoms with Crippen molar-refractivity contribution in [3.05, 3.63) is 106 Å². The van der Waals surface area contributed by atoms with Gasteiger partial charge in [-0.3, -0.25) is 29.1 Å². The third-order valence-corrected chi connectivity index (χ3v) is 10.0. The lowest BCUT2D eigenvalue weighted by Crippen LogP contribution is -2.37. The first-order chi connectivity index (χ1) is 23.8. The average molecular weight is 695 g/mol. The minimum Gasteiger partial charge on any atom is -0.322 e. The molecule has 50 heavy (non-hydrogen) atoms. The number of pyridine rings is 2. The van der Waals surface area contributed by atoms with Crippen LogP contribution in [0, 0.1) is 5.82 Å². The first kappa shape index (κ1) is 33.3. The monoisotopic (exact) mass is 694 g/mol. The Morgan fingerprint density at radius 1 is 0.720 bits per heavy atom. The number of fused-ring (bicyclic) bond motifs is 2. The summed E-state index contributed by atoms with van der Waals surface area (Å²) in [4.78, 5) is 61.5. The summed E-state index contributed by atoms with van der Waals surface area (Å²) in [6.45, 7) is 7.74. The van der Waals surface area contributed by atoms with Gasteiger partial charge < -0.3 is 20.4 Å². The fourth-order valence-corrected chi connectivity index (χ4v) is 6.84. The molecule has 10 nitrogen and oxygen atoms in total. The van der Waals surface area contributed by atoms with Gasteiger partial charge in [0.25, 0.3) is 11.8 Å². The Bertz CT molecular complexity index is 1930. The topological polar surface area (TPSA) is 125 Å². The van der Waals surface area contributed by atoms with Crippen molar-refractivity contribution >= 4 is 58.0 Å². The molecule has 2 N–H and O–H groups in total. The van der Waals surface area contributed by atoms with Gasteiger partial charge in [0.2, 0.25) is 11.8 Å². The summed E-state index contributed by atoms with van der Waals surface area (Å²) >= 11 is 6.03. The smallest absolute Gasteiger partial charge is 0.258 e. The third kappa shape index (κ3) is 5.89. The zero-order chi connectivity index (χ0) is 35.5. The van der Waals surface area contributed by atoms with E-state index in [-0.39, 0.29) is 35.4 Å². The van der Waals surface area contributed by atoms with Crippen molar-refractivity contribution in [1.29, 1.82) is 0 Å². The lowest BCUT2D eigenvalue weighted by atomic mass is 9.86. The van der Waals surface area contributed by atoms with Gasteiger partial charge in [-0.2, -0.15) is 0 Å². The van der Waals surface area contributed by atoms with Crippen molar-refractivity contribution in [3.63, 3.8) is 0 Å². The fraction of sp³-hybridized carbons (Fsp3) is 0.316. The number of benzene rings is 2. The molecule has 2 aromatic carbocycles. The highest BCUT2D eigenvalue weighted by Crippen LogP contribution is 2.49. The highest BCUT2D eigenvalue weighted by Gasteiger charge is 2.50. The molecule has 0 spiro atoms. The van der Waals surface area contributed by atoms with E-state index in [1.807, 2.05) is 61.8 Å². The molecule has 2 aromatic heterocycles. The van der Waals surface area contributed by atoms with Crippen molar-refractivity contribution < 1.29 is 23.6 Å². The van der Waals surface area contributed by atoms with Crippen molar-refractivity contribution in [3.8, 4) is 0 Å². The number of amides is 4. The normalized spacial score (nSPS) is 18.2. The van der Waals surface area contributed by atoms with Crippen molar-refractivity contribution in [2.75, 3.05) is 20.4 Å². The number of nitrogens with zero attached hydrogens (tertiary/aromatic N) is 4. The quantitative estimate of drug-likeness (QED) is 0.223. The second-order valence-electron chi connectivity index (χ2n) is 14.1. The van der Waals surface area contributed by atoms with Crippen LogP contribution in [0.5, 0.6) is 0 Å². The molecule has 4 aliphatic rings. The average Bonchev–Trinajstić information content (AvgIpc) is 4.02. The summed E-state index contributed by atoms with van der Waals surface area (Å²) in [6, 6.07) is 14.5. The maximum Gasteiger partial charge on any atom is 0.258 e. The lowest BCUT2D eigenvalue weighted by Gasteiger charge is -2.19. The van der Waals surface area contributed by atoms with Gasteiger partial charge in [0.1, 0.15) is 0 Å². The van der Waals surface area contributed by atoms with E-state index in [0.29, 0.717) is 22.0 Å². The molecular weight excluding hydrogens is 659 g/mol. The van der Waals surface area contributed by atoms with Crippen molar-refractivity contribution in [2.45, 2.75) is 76.3 Å². The Hall–Kier alpha value is -5.16. The first-order valence-corrected chi connectivity index (χ1v) is 16.9. The summed E-state index contributed by atoms with van der Waals surface area (Å²) in [7, 11) is 0. The molecule has 0 saturated heterocycles. The van der Waals surface area contributed by atoms with Gasteiger partial charge in [0.05, 0.1) is 44.6 Å². The second kappa shape index (κ2) is 12.3. The van der Waals surface area contributed by atoms with Crippen LogP contribution in [0.2, 0.25) is 5.02 Å². The molecule has 2 saturated carbocycles. The van der Waals surface area contributed by atoms with Crippen molar-refractivity contribution in [2.24, 2.45) is 0 Å². The van der Waals surface area contributed by atoms with Gasteiger partial charge >= 0.3 is 0 Å². The van der Waals surface area contributed by atoms with Gasteiger partial charge in [-0.15, -0.1) is 0 Å². The molecule has 2 fully saturated rings. The van der Waals surface area contributed by atoms with Crippen LogP contribution in [0.15, 0.2) is 73.3 Å². The van der Waals surface area contributed by atoms with Crippen LogP contribution >= 0.6 is 11.6 Å². The largest absolute Gasteiger partial charge is 0.322 e. The molecule has 2 aliphatic heterocycles. The van der Waals surface area contributed by atoms with Crippen LogP contribution in [-0.4, -0.2) is 45.7 Å². The molecule has 0 radical (unpaired) electrons. The molecule has 0 bridgehead atoms. The van der Waals surface area contributed by atoms with Gasteiger partial charge in [-0.05, 0) is 101 Å². The van der Waals surface area contributed by atoms with E-state index < -0.39 is 22.6 Å². The maximum atomic E-state index is 13.7. The van der Waals surface area contributed by atoms with Gasteiger partial charge in [-0.1, -0.05) is 23.7 Å². The molecule has 8 rings (SSSR count). The van der Waals surface area contributed by atoms with Gasteiger partial charge in [0, 0.05) is 42.0 Å². The predicted octanol–water partition coefficient (Wildman–Crippen LogP) is 7.03. The number of rotatable bonds is 6. The molecule has 2 aliphatic carbocycles. The number of carbonyl (C=O) groups excluding carboxylic acids is 4. The molecule has 0 unspecified atom stereocenters. The summed E-state index contributed by atoms with van der Waals surface area (Å²) in [6.07, 6.45) is 9.41. The zero-order valence-electron chi connectivity index (χ0n) is 28.1. The van der Waals surface area contributed by atoms with E-state index in [1.54, 1.807) is 18.2 Å². The molecule has 4 amide bonds. The highest BCUT2D eigenvalue weighted by molar-refractivity contribution is 6.34. The Kier molecular flexibility index (Phi) is 8.21. The number of carbonyl (C=O) groups is 4. The van der Waals surface area contributed by atoms with E-state index in [9.17, 15) is 23.6 Å². The molecule has 4 aromatic rings. The van der Waals surface area contributed by atoms with Crippen molar-refractivity contribution in [1.82, 2.24) is 9.97 Å². The molecule has 256 valence electrons. The van der Waals surface area contributed by atoms with E-state index in [1.165, 1.54) is 24.7 Å². The SMILES string of the molecule is CC1(C)C(=O)N(C2CC2)c2cc(NC(=O)c3ccncc3Cl)ccc21.CC1(C)C(=O)N(C2CC2)c2cc(NC(=O)c3ccncc3F)ccc21. The molecule has 4 heterocycles. The van der Waals surface area contributed by atoms with Crippen LogP contribution in [0.1, 0.15) is 85.2 Å². The molecular formula is C38H36ClFN6O4. The Morgan fingerprint density at radius 2 is 1.16 bits per heavy atom. The number of anilines is 4. The van der Waals surface area contributed by atoms with Gasteiger partial charge in [-0.25, -0.2) is 4.39 Å². The number of aromatic nitrogens is 2. The summed E-state index contributed by atoms with van der Waals surface area (Å²) in [5.41, 5.74) is 4.08. The number of nitrogens with one attached hydrogen (secondary N) is 2. The van der Waals surface area contributed by atoms with Crippen LogP contribution in [-0.2, 0) is 20.4 Å². The Labute approximate surface area is 294 Å². The van der Waals surface area contributed by atoms with Crippen LogP contribution < -0.4 is 20.4 Å². The van der Waals surface area contributed by atoms with Crippen LogP contribution in [0.3, 0.4) is 0 Å². The van der Waals surface area contributed by atoms with E-state index in [2.05, 4.69) is 20.6 Å². The number of hydrogen-bond acceptors (Lipinski definition) is 6. The Morgan fingerprint density at radius 3 is 1.60 bits per heavy atom. The number of halogens is 2. The minimum atomic E-state index is -0.669. The fourth-order valence-electron chi connectivity index (χ4n) is 6.63. The molecule has 0 atom stereocenters. The standard InChI is InChI=1S/C19H18ClN3O2.C19H18FN3O2/c2*1-19(2)14-6-3-11(9-16(14)23(18(19)25)12-4-5-12)22-17(24)13-7-8-21-10-15(13)20/h2*3,6-10,12H,4-5H2,1-2H3,(H,22,24). The molecule has 12 heteroatoms. The summed E-state index contributed by atoms with van der Waals surface area (Å²) in [5, 5.41) is 5.87. The van der Waals surface area contributed by atoms with Crippen LogP contribution in [0.25, 0.3) is 0 Å². The van der Waals surface area contributed by atoms with E-state index >= 15 is 0 Å². The lowest BCUT2D eigenvalue weighted by molar-refractivity contribution is -0.122.